The van der Waals surface area contributed by atoms with E-state index < -0.39 is 5.79 Å². The number of thiophene rings is 1. The minimum absolute atomic E-state index is 0.506. The maximum absolute atomic E-state index is 6.09. The molecule has 0 unspecified atom stereocenters. The minimum atomic E-state index is -0.593. The second-order valence-corrected chi connectivity index (χ2v) is 11.0. The zero-order valence-corrected chi connectivity index (χ0v) is 23.6. The molecule has 1 aromatic heterocycles. The smallest absolute Gasteiger partial charge is 0.163 e. The highest BCUT2D eigenvalue weighted by molar-refractivity contribution is 7.19. The van der Waals surface area contributed by atoms with Crippen LogP contribution in [0, 0.1) is 0 Å². The molecule has 0 aliphatic carbocycles. The highest BCUT2D eigenvalue weighted by atomic mass is 32.1. The fraction of sp³-hybridized carbons (Fsp3) is 0.467. The maximum atomic E-state index is 6.09. The lowest BCUT2D eigenvalue weighted by Crippen LogP contribution is -2.39. The van der Waals surface area contributed by atoms with Crippen LogP contribution in [0.4, 0.5) is 5.69 Å². The van der Waals surface area contributed by atoms with Crippen molar-refractivity contribution in [2.75, 3.05) is 39.3 Å². The van der Waals surface area contributed by atoms with Gasteiger partial charge in [0.05, 0.1) is 39.7 Å². The van der Waals surface area contributed by atoms with Gasteiger partial charge >= 0.3 is 0 Å². The number of unbranched alkanes of at least 4 members (excludes halogenated alkanes) is 3. The van der Waals surface area contributed by atoms with Crippen LogP contribution in [0.15, 0.2) is 59.9 Å². The molecule has 2 heterocycles. The molecule has 6 nitrogen and oxygen atoms in total. The summed E-state index contributed by atoms with van der Waals surface area (Å²) in [6.45, 7) is 8.92. The van der Waals surface area contributed by atoms with Crippen molar-refractivity contribution < 1.29 is 18.9 Å². The summed E-state index contributed by atoms with van der Waals surface area (Å²) < 4.78 is 24.6. The van der Waals surface area contributed by atoms with Gasteiger partial charge in [0.1, 0.15) is 17.3 Å². The predicted octanol–water partition coefficient (Wildman–Crippen LogP) is 7.41. The molecule has 0 amide bonds. The second-order valence-electron chi connectivity index (χ2n) is 9.85. The summed E-state index contributed by atoms with van der Waals surface area (Å²) in [6.07, 6.45) is 4.77. The molecule has 2 aromatic carbocycles. The van der Waals surface area contributed by atoms with Gasteiger partial charge in [-0.05, 0) is 49.9 Å². The highest BCUT2D eigenvalue weighted by Gasteiger charge is 2.29. The Morgan fingerprint density at radius 2 is 1.78 bits per heavy atom. The van der Waals surface area contributed by atoms with Crippen molar-refractivity contribution in [1.29, 1.82) is 0 Å². The van der Waals surface area contributed by atoms with Gasteiger partial charge in [-0.2, -0.15) is 0 Å². The molecule has 7 heteroatoms. The van der Waals surface area contributed by atoms with Gasteiger partial charge in [0.2, 0.25) is 0 Å². The number of anilines is 1. The van der Waals surface area contributed by atoms with Crippen LogP contribution in [-0.2, 0) is 16.0 Å². The summed E-state index contributed by atoms with van der Waals surface area (Å²) in [4.78, 5) is 3.78. The normalized spacial score (nSPS) is 15.0. The Kier molecular flexibility index (Phi) is 9.35. The van der Waals surface area contributed by atoms with Crippen molar-refractivity contribution in [2.45, 2.75) is 58.8 Å². The van der Waals surface area contributed by atoms with E-state index in [0.29, 0.717) is 13.2 Å². The molecule has 0 atom stereocenters. The van der Waals surface area contributed by atoms with Gasteiger partial charge in [0.25, 0.3) is 0 Å². The Morgan fingerprint density at radius 1 is 1.00 bits per heavy atom. The third-order valence-corrected chi connectivity index (χ3v) is 7.71. The fourth-order valence-corrected chi connectivity index (χ4v) is 5.54. The van der Waals surface area contributed by atoms with Gasteiger partial charge in [-0.3, -0.25) is 0 Å². The van der Waals surface area contributed by atoms with Crippen LogP contribution in [-0.4, -0.2) is 44.7 Å². The Bertz CT molecular complexity index is 1160. The predicted molar refractivity (Wildman–Crippen MR) is 153 cm³/mol. The van der Waals surface area contributed by atoms with E-state index >= 15 is 0 Å². The molecule has 0 bridgehead atoms. The van der Waals surface area contributed by atoms with Gasteiger partial charge < -0.3 is 29.2 Å². The van der Waals surface area contributed by atoms with Crippen molar-refractivity contribution in [2.24, 2.45) is 0 Å². The molecular weight excluding hydrogens is 484 g/mol. The molecule has 37 heavy (non-hydrogen) atoms. The van der Waals surface area contributed by atoms with Crippen molar-refractivity contribution in [1.82, 2.24) is 4.90 Å². The van der Waals surface area contributed by atoms with Crippen molar-refractivity contribution in [3.05, 3.63) is 64.8 Å². The van der Waals surface area contributed by atoms with Gasteiger partial charge in [-0.15, -0.1) is 11.3 Å². The number of nitrogens with one attached hydrogen (secondary N) is 1. The topological polar surface area (TPSA) is 52.2 Å². The maximum Gasteiger partial charge on any atom is 0.163 e. The van der Waals surface area contributed by atoms with Crippen LogP contribution in [0.2, 0.25) is 0 Å². The first-order valence-corrected chi connectivity index (χ1v) is 14.0. The number of rotatable bonds is 12. The SMILES string of the molecule is CCCCCCN(Cc1cc2ccccc2s1)C(Nc1ccc(OC)cc1OC)=C1COC(C)(C)OC1. The molecule has 0 radical (unpaired) electrons. The molecule has 0 spiro atoms. The molecule has 0 saturated carbocycles. The van der Waals surface area contributed by atoms with Crippen LogP contribution < -0.4 is 14.8 Å². The molecule has 200 valence electrons. The van der Waals surface area contributed by atoms with Crippen molar-refractivity contribution >= 4 is 27.1 Å². The molecule has 1 aliphatic rings. The number of fused-ring (bicyclic) bond motifs is 1. The summed E-state index contributed by atoms with van der Waals surface area (Å²) in [5.74, 6) is 1.91. The monoisotopic (exact) mass is 524 g/mol. The van der Waals surface area contributed by atoms with E-state index in [9.17, 15) is 0 Å². The van der Waals surface area contributed by atoms with E-state index in [4.69, 9.17) is 18.9 Å². The molecule has 3 aromatic rings. The average molecular weight is 525 g/mol. The second kappa shape index (κ2) is 12.7. The molecular formula is C30H40N2O4S. The summed E-state index contributed by atoms with van der Waals surface area (Å²) in [5.41, 5.74) is 1.97. The number of methoxy groups -OCH3 is 2. The quantitative estimate of drug-likeness (QED) is 0.249. The van der Waals surface area contributed by atoms with Crippen LogP contribution in [0.5, 0.6) is 11.5 Å². The van der Waals surface area contributed by atoms with Gasteiger partial charge in [0.15, 0.2) is 5.79 Å². The van der Waals surface area contributed by atoms with Crippen LogP contribution in [0.3, 0.4) is 0 Å². The molecule has 4 rings (SSSR count). The van der Waals surface area contributed by atoms with E-state index in [1.807, 2.05) is 43.4 Å². The molecule has 1 aliphatic heterocycles. The molecule has 1 N–H and O–H groups in total. The Labute approximate surface area is 225 Å². The number of nitrogens with zero attached hydrogens (tertiary/aromatic N) is 1. The minimum Gasteiger partial charge on any atom is -0.497 e. The van der Waals surface area contributed by atoms with Crippen LogP contribution in [0.25, 0.3) is 10.1 Å². The van der Waals surface area contributed by atoms with Crippen LogP contribution >= 0.6 is 11.3 Å². The highest BCUT2D eigenvalue weighted by Crippen LogP contribution is 2.34. The lowest BCUT2D eigenvalue weighted by Gasteiger charge is -2.36. The zero-order valence-electron chi connectivity index (χ0n) is 22.8. The van der Waals surface area contributed by atoms with Gasteiger partial charge in [-0.1, -0.05) is 44.4 Å². The van der Waals surface area contributed by atoms with E-state index in [0.717, 1.165) is 48.1 Å². The molecule has 1 fully saturated rings. The lowest BCUT2D eigenvalue weighted by molar-refractivity contribution is -0.226. The Morgan fingerprint density at radius 3 is 2.49 bits per heavy atom. The number of hydrogen-bond acceptors (Lipinski definition) is 7. The Hall–Kier alpha value is -2.74. The number of benzene rings is 2. The van der Waals surface area contributed by atoms with E-state index in [1.54, 1.807) is 14.2 Å². The third-order valence-electron chi connectivity index (χ3n) is 6.61. The van der Waals surface area contributed by atoms with E-state index in [2.05, 4.69) is 47.5 Å². The summed E-state index contributed by atoms with van der Waals surface area (Å²) >= 11 is 1.86. The first-order valence-electron chi connectivity index (χ1n) is 13.1. The standard InChI is InChI=1S/C30H40N2O4S/c1-6-7-8-11-16-32(19-25-17-22-12-9-10-13-28(22)37-25)29(23-20-35-30(2,3)36-21-23)31-26-15-14-24(33-4)18-27(26)34-5/h9-10,12-15,17-18,31H,6-8,11,16,19-21H2,1-5H3. The third kappa shape index (κ3) is 7.18. The van der Waals surface area contributed by atoms with Crippen molar-refractivity contribution in [3.63, 3.8) is 0 Å². The summed E-state index contributed by atoms with van der Waals surface area (Å²) in [5, 5.41) is 5.00. The van der Waals surface area contributed by atoms with Gasteiger partial charge in [-0.25, -0.2) is 0 Å². The largest absolute Gasteiger partial charge is 0.497 e. The summed E-state index contributed by atoms with van der Waals surface area (Å²) in [7, 11) is 3.35. The fourth-order valence-electron chi connectivity index (χ4n) is 4.46. The van der Waals surface area contributed by atoms with Gasteiger partial charge in [0, 0.05) is 27.8 Å². The van der Waals surface area contributed by atoms with Crippen molar-refractivity contribution in [3.8, 4) is 11.5 Å². The first kappa shape index (κ1) is 27.3. The van der Waals surface area contributed by atoms with E-state index in [1.165, 1.54) is 34.2 Å². The summed E-state index contributed by atoms with van der Waals surface area (Å²) in [6, 6.07) is 16.7. The average Bonchev–Trinajstić information content (AvgIpc) is 3.32. The first-order chi connectivity index (χ1) is 17.9. The Balaban J connectivity index is 1.70. The number of hydrogen-bond donors (Lipinski definition) is 1. The lowest BCUT2D eigenvalue weighted by atomic mass is 10.1. The van der Waals surface area contributed by atoms with E-state index in [-0.39, 0.29) is 0 Å². The zero-order chi connectivity index (χ0) is 26.3. The molecule has 1 saturated heterocycles. The van der Waals surface area contributed by atoms with Crippen LogP contribution in [0.1, 0.15) is 51.3 Å². The number of ether oxygens (including phenoxy) is 4.